The molecular weight excluding hydrogens is 242 g/mol. The van der Waals surface area contributed by atoms with Crippen molar-refractivity contribution in [3.8, 4) is 5.75 Å². The Hall–Kier alpha value is -2.30. The van der Waals surface area contributed by atoms with Gasteiger partial charge in [0.05, 0.1) is 7.11 Å². The number of anilines is 1. The number of aryl methyl sites for hydroxylation is 1. The first-order valence-corrected chi connectivity index (χ1v) is 6.17. The van der Waals surface area contributed by atoms with Gasteiger partial charge in [-0.05, 0) is 12.1 Å². The molecule has 0 saturated heterocycles. The van der Waals surface area contributed by atoms with Crippen molar-refractivity contribution >= 4 is 11.6 Å². The lowest BCUT2D eigenvalue weighted by molar-refractivity contribution is -0.116. The number of benzene rings is 1. The average molecular weight is 259 g/mol. The van der Waals surface area contributed by atoms with E-state index in [0.29, 0.717) is 0 Å². The SMILES string of the molecule is CCc1nccn1CC(=O)Nc1cccc(OC)c1. The maximum Gasteiger partial charge on any atom is 0.244 e. The van der Waals surface area contributed by atoms with Crippen LogP contribution in [0.25, 0.3) is 0 Å². The summed E-state index contributed by atoms with van der Waals surface area (Å²) in [5.74, 6) is 1.54. The lowest BCUT2D eigenvalue weighted by atomic mass is 10.3. The fourth-order valence-electron chi connectivity index (χ4n) is 1.85. The molecule has 1 aromatic carbocycles. The summed E-state index contributed by atoms with van der Waals surface area (Å²) in [6.45, 7) is 2.28. The topological polar surface area (TPSA) is 56.2 Å². The van der Waals surface area contributed by atoms with Crippen LogP contribution in [0.4, 0.5) is 5.69 Å². The van der Waals surface area contributed by atoms with Gasteiger partial charge in [-0.15, -0.1) is 0 Å². The van der Waals surface area contributed by atoms with Crippen LogP contribution in [0.5, 0.6) is 5.75 Å². The van der Waals surface area contributed by atoms with Crippen LogP contribution in [-0.4, -0.2) is 22.6 Å². The van der Waals surface area contributed by atoms with Crippen molar-refractivity contribution in [2.24, 2.45) is 0 Å². The quantitative estimate of drug-likeness (QED) is 0.894. The fraction of sp³-hybridized carbons (Fsp3) is 0.286. The van der Waals surface area contributed by atoms with Gasteiger partial charge in [0.25, 0.3) is 0 Å². The van der Waals surface area contributed by atoms with Gasteiger partial charge in [-0.3, -0.25) is 4.79 Å². The van der Waals surface area contributed by atoms with Crippen LogP contribution < -0.4 is 10.1 Å². The second kappa shape index (κ2) is 6.04. The molecule has 0 aliphatic heterocycles. The maximum atomic E-state index is 11.9. The molecule has 0 fully saturated rings. The van der Waals surface area contributed by atoms with Gasteiger partial charge in [0, 0.05) is 30.6 Å². The normalized spacial score (nSPS) is 10.2. The lowest BCUT2D eigenvalue weighted by Crippen LogP contribution is -2.19. The van der Waals surface area contributed by atoms with E-state index in [1.165, 1.54) is 0 Å². The van der Waals surface area contributed by atoms with E-state index in [1.54, 1.807) is 19.4 Å². The van der Waals surface area contributed by atoms with Gasteiger partial charge in [-0.25, -0.2) is 4.98 Å². The molecular formula is C14H17N3O2. The van der Waals surface area contributed by atoms with Gasteiger partial charge in [0.2, 0.25) is 5.91 Å². The molecule has 0 spiro atoms. The third kappa shape index (κ3) is 3.34. The number of nitrogens with zero attached hydrogens (tertiary/aromatic N) is 2. The van der Waals surface area contributed by atoms with Gasteiger partial charge in [-0.1, -0.05) is 13.0 Å². The number of carbonyl (C=O) groups is 1. The van der Waals surface area contributed by atoms with E-state index >= 15 is 0 Å². The van der Waals surface area contributed by atoms with Crippen LogP contribution in [0, 0.1) is 0 Å². The highest BCUT2D eigenvalue weighted by Gasteiger charge is 2.07. The third-order valence-corrected chi connectivity index (χ3v) is 2.79. The molecule has 0 atom stereocenters. The number of carbonyl (C=O) groups excluding carboxylic acids is 1. The number of ether oxygens (including phenoxy) is 1. The number of hydrogen-bond donors (Lipinski definition) is 1. The van der Waals surface area contributed by atoms with Crippen molar-refractivity contribution in [1.82, 2.24) is 9.55 Å². The molecule has 100 valence electrons. The first-order valence-electron chi connectivity index (χ1n) is 6.17. The van der Waals surface area contributed by atoms with E-state index in [9.17, 15) is 4.79 Å². The van der Waals surface area contributed by atoms with Gasteiger partial charge in [-0.2, -0.15) is 0 Å². The van der Waals surface area contributed by atoms with Crippen LogP contribution in [0.1, 0.15) is 12.7 Å². The van der Waals surface area contributed by atoms with E-state index < -0.39 is 0 Å². The molecule has 1 heterocycles. The summed E-state index contributed by atoms with van der Waals surface area (Å²) in [4.78, 5) is 16.1. The van der Waals surface area contributed by atoms with Crippen molar-refractivity contribution < 1.29 is 9.53 Å². The molecule has 0 aliphatic rings. The van der Waals surface area contributed by atoms with Gasteiger partial charge >= 0.3 is 0 Å². The summed E-state index contributed by atoms with van der Waals surface area (Å²) in [5, 5.41) is 2.84. The summed E-state index contributed by atoms with van der Waals surface area (Å²) in [6, 6.07) is 7.28. The van der Waals surface area contributed by atoms with Gasteiger partial charge in [0.1, 0.15) is 18.1 Å². The van der Waals surface area contributed by atoms with Gasteiger partial charge < -0.3 is 14.6 Å². The van der Waals surface area contributed by atoms with Crippen LogP contribution in [0.2, 0.25) is 0 Å². The van der Waals surface area contributed by atoms with Gasteiger partial charge in [0.15, 0.2) is 0 Å². The number of aromatic nitrogens is 2. The molecule has 1 amide bonds. The van der Waals surface area contributed by atoms with Crippen molar-refractivity contribution in [2.45, 2.75) is 19.9 Å². The smallest absolute Gasteiger partial charge is 0.244 e. The zero-order valence-electron chi connectivity index (χ0n) is 11.1. The molecule has 0 unspecified atom stereocenters. The predicted molar refractivity (Wildman–Crippen MR) is 73.2 cm³/mol. The summed E-state index contributed by atoms with van der Waals surface area (Å²) in [7, 11) is 1.60. The van der Waals surface area contributed by atoms with E-state index in [0.717, 1.165) is 23.7 Å². The average Bonchev–Trinajstić information content (AvgIpc) is 2.86. The van der Waals surface area contributed by atoms with Crippen molar-refractivity contribution in [3.05, 3.63) is 42.5 Å². The molecule has 0 aliphatic carbocycles. The summed E-state index contributed by atoms with van der Waals surface area (Å²) in [6.07, 6.45) is 4.32. The number of rotatable bonds is 5. The Kier molecular flexibility index (Phi) is 4.18. The first kappa shape index (κ1) is 13.1. The number of imidazole rings is 1. The van der Waals surface area contributed by atoms with Crippen LogP contribution >= 0.6 is 0 Å². The Labute approximate surface area is 112 Å². The Morgan fingerprint density at radius 1 is 1.47 bits per heavy atom. The van der Waals surface area contributed by atoms with Crippen LogP contribution in [0.3, 0.4) is 0 Å². The summed E-state index contributed by atoms with van der Waals surface area (Å²) >= 11 is 0. The highest BCUT2D eigenvalue weighted by Crippen LogP contribution is 2.16. The second-order valence-corrected chi connectivity index (χ2v) is 4.11. The number of amides is 1. The number of hydrogen-bond acceptors (Lipinski definition) is 3. The van der Waals surface area contributed by atoms with E-state index in [-0.39, 0.29) is 12.5 Å². The molecule has 2 aromatic rings. The molecule has 0 saturated carbocycles. The molecule has 1 aromatic heterocycles. The largest absolute Gasteiger partial charge is 0.497 e. The molecule has 2 rings (SSSR count). The molecule has 5 nitrogen and oxygen atoms in total. The second-order valence-electron chi connectivity index (χ2n) is 4.11. The van der Waals surface area contributed by atoms with Crippen LogP contribution in [-0.2, 0) is 17.8 Å². The standard InChI is InChI=1S/C14H17N3O2/c1-3-13-15-7-8-17(13)10-14(18)16-11-5-4-6-12(9-11)19-2/h4-9H,3,10H2,1-2H3,(H,16,18). The maximum absolute atomic E-state index is 11.9. The highest BCUT2D eigenvalue weighted by atomic mass is 16.5. The monoisotopic (exact) mass is 259 g/mol. The minimum atomic E-state index is -0.0825. The molecule has 1 N–H and O–H groups in total. The van der Waals surface area contributed by atoms with E-state index in [1.807, 2.05) is 35.9 Å². The summed E-state index contributed by atoms with van der Waals surface area (Å²) < 4.78 is 6.96. The first-order chi connectivity index (χ1) is 9.22. The Morgan fingerprint density at radius 2 is 2.32 bits per heavy atom. The fourth-order valence-corrected chi connectivity index (χ4v) is 1.85. The zero-order valence-corrected chi connectivity index (χ0v) is 11.1. The highest BCUT2D eigenvalue weighted by molar-refractivity contribution is 5.90. The minimum Gasteiger partial charge on any atom is -0.497 e. The summed E-state index contributed by atoms with van der Waals surface area (Å²) in [5.41, 5.74) is 0.725. The van der Waals surface area contributed by atoms with Crippen molar-refractivity contribution in [2.75, 3.05) is 12.4 Å². The van der Waals surface area contributed by atoms with Crippen molar-refractivity contribution in [3.63, 3.8) is 0 Å². The van der Waals surface area contributed by atoms with E-state index in [2.05, 4.69) is 10.3 Å². The number of nitrogens with one attached hydrogen (secondary N) is 1. The third-order valence-electron chi connectivity index (χ3n) is 2.79. The zero-order chi connectivity index (χ0) is 13.7. The lowest BCUT2D eigenvalue weighted by Gasteiger charge is -2.09. The minimum absolute atomic E-state index is 0.0825. The Morgan fingerprint density at radius 3 is 3.05 bits per heavy atom. The predicted octanol–water partition coefficient (Wildman–Crippen LogP) is 2.09. The molecule has 0 bridgehead atoms. The van der Waals surface area contributed by atoms with Crippen molar-refractivity contribution in [1.29, 1.82) is 0 Å². The Bertz CT molecular complexity index is 563. The molecule has 5 heteroatoms. The Balaban J connectivity index is 2.01. The van der Waals surface area contributed by atoms with Crippen LogP contribution in [0.15, 0.2) is 36.7 Å². The molecule has 0 radical (unpaired) electrons. The molecule has 19 heavy (non-hydrogen) atoms. The number of methoxy groups -OCH3 is 1. The van der Waals surface area contributed by atoms with E-state index in [4.69, 9.17) is 4.74 Å².